The number of hydrogen-bond donors (Lipinski definition) is 1. The van der Waals surface area contributed by atoms with E-state index in [2.05, 4.69) is 20.1 Å². The Morgan fingerprint density at radius 2 is 1.81 bits per heavy atom. The summed E-state index contributed by atoms with van der Waals surface area (Å²) in [5, 5.41) is 13.8. The molecular weight excluding hydrogens is 417 g/mol. The van der Waals surface area contributed by atoms with Crippen molar-refractivity contribution in [1.82, 2.24) is 14.8 Å². The van der Waals surface area contributed by atoms with Gasteiger partial charge in [-0.2, -0.15) is 0 Å². The van der Waals surface area contributed by atoms with Crippen molar-refractivity contribution in [2.45, 2.75) is 13.1 Å². The minimum absolute atomic E-state index is 0.124. The molecule has 32 heavy (non-hydrogen) atoms. The van der Waals surface area contributed by atoms with Crippen molar-refractivity contribution in [1.29, 1.82) is 0 Å². The second kappa shape index (κ2) is 9.67. The van der Waals surface area contributed by atoms with Crippen molar-refractivity contribution in [3.63, 3.8) is 0 Å². The second-order valence-electron chi connectivity index (χ2n) is 7.53. The van der Waals surface area contributed by atoms with Crippen LogP contribution in [-0.4, -0.2) is 51.8 Å². The fourth-order valence-electron chi connectivity index (χ4n) is 3.61. The van der Waals surface area contributed by atoms with Crippen LogP contribution in [0.15, 0.2) is 59.2 Å². The van der Waals surface area contributed by atoms with Gasteiger partial charge in [-0.05, 0) is 18.2 Å². The van der Waals surface area contributed by atoms with Gasteiger partial charge in [-0.25, -0.2) is 9.37 Å². The zero-order chi connectivity index (χ0) is 22.5. The van der Waals surface area contributed by atoms with E-state index in [0.29, 0.717) is 30.2 Å². The molecule has 2 heterocycles. The second-order valence-corrected chi connectivity index (χ2v) is 7.53. The molecule has 0 radical (unpaired) electrons. The average Bonchev–Trinajstić information content (AvgIpc) is 3.24. The molecule has 0 saturated carbocycles. The zero-order valence-corrected chi connectivity index (χ0v) is 17.2. The number of para-hydroxylation sites is 1. The quantitative estimate of drug-likeness (QED) is 0.445. The van der Waals surface area contributed by atoms with Gasteiger partial charge in [-0.1, -0.05) is 24.3 Å². The zero-order valence-electron chi connectivity index (χ0n) is 17.2. The number of nitro groups is 1. The SMILES string of the molecule is O=C(Nc1cccc(F)c1)c1coc(CN2CCN(Cc3ccccc3[N+](=O)[O-])CC2)n1. The summed E-state index contributed by atoms with van der Waals surface area (Å²) in [4.78, 5) is 31.7. The van der Waals surface area contributed by atoms with E-state index in [1.54, 1.807) is 18.2 Å². The molecule has 0 bridgehead atoms. The Hall–Kier alpha value is -3.63. The van der Waals surface area contributed by atoms with E-state index in [-0.39, 0.29) is 16.3 Å². The fraction of sp³-hybridized carbons (Fsp3) is 0.273. The number of hydrogen-bond acceptors (Lipinski definition) is 7. The number of anilines is 1. The normalized spacial score (nSPS) is 14.9. The van der Waals surface area contributed by atoms with E-state index < -0.39 is 11.7 Å². The molecular formula is C22H22FN5O4. The van der Waals surface area contributed by atoms with Crippen LogP contribution in [0.5, 0.6) is 0 Å². The lowest BCUT2D eigenvalue weighted by Gasteiger charge is -2.33. The molecule has 1 saturated heterocycles. The molecule has 9 nitrogen and oxygen atoms in total. The van der Waals surface area contributed by atoms with Crippen molar-refractivity contribution in [2.75, 3.05) is 31.5 Å². The average molecular weight is 439 g/mol. The number of aromatic nitrogens is 1. The van der Waals surface area contributed by atoms with E-state index in [0.717, 1.165) is 26.2 Å². The molecule has 0 atom stereocenters. The lowest BCUT2D eigenvalue weighted by molar-refractivity contribution is -0.385. The highest BCUT2D eigenvalue weighted by atomic mass is 19.1. The Labute approximate surface area is 183 Å². The highest BCUT2D eigenvalue weighted by molar-refractivity contribution is 6.02. The van der Waals surface area contributed by atoms with E-state index in [1.165, 1.54) is 30.5 Å². The largest absolute Gasteiger partial charge is 0.447 e. The molecule has 2 aromatic carbocycles. The number of benzene rings is 2. The number of halogens is 1. The smallest absolute Gasteiger partial charge is 0.277 e. The number of oxazole rings is 1. The van der Waals surface area contributed by atoms with Crippen LogP contribution in [0.4, 0.5) is 15.8 Å². The third kappa shape index (κ3) is 5.34. The van der Waals surface area contributed by atoms with Gasteiger partial charge in [-0.3, -0.25) is 24.7 Å². The molecule has 0 aliphatic carbocycles. The molecule has 1 aromatic heterocycles. The maximum Gasteiger partial charge on any atom is 0.277 e. The molecule has 0 spiro atoms. The predicted octanol–water partition coefficient (Wildman–Crippen LogP) is 3.29. The molecule has 1 fully saturated rings. The Morgan fingerprint density at radius 3 is 2.53 bits per heavy atom. The van der Waals surface area contributed by atoms with Crippen LogP contribution < -0.4 is 5.32 Å². The van der Waals surface area contributed by atoms with Crippen LogP contribution in [0.2, 0.25) is 0 Å². The number of nitro benzene ring substituents is 1. The summed E-state index contributed by atoms with van der Waals surface area (Å²) in [6.07, 6.45) is 1.29. The number of carbonyl (C=O) groups is 1. The van der Waals surface area contributed by atoms with Gasteiger partial charge >= 0.3 is 0 Å². The van der Waals surface area contributed by atoms with Crippen molar-refractivity contribution in [3.8, 4) is 0 Å². The van der Waals surface area contributed by atoms with Gasteiger partial charge in [0.05, 0.1) is 11.5 Å². The molecule has 1 aliphatic heterocycles. The van der Waals surface area contributed by atoms with Gasteiger partial charge in [0.25, 0.3) is 11.6 Å². The first-order valence-corrected chi connectivity index (χ1v) is 10.2. The van der Waals surface area contributed by atoms with Crippen LogP contribution in [-0.2, 0) is 13.1 Å². The molecule has 166 valence electrons. The molecule has 1 N–H and O–H groups in total. The lowest BCUT2D eigenvalue weighted by Crippen LogP contribution is -2.45. The van der Waals surface area contributed by atoms with Crippen molar-refractivity contribution >= 4 is 17.3 Å². The van der Waals surface area contributed by atoms with Crippen LogP contribution in [0.3, 0.4) is 0 Å². The van der Waals surface area contributed by atoms with E-state index in [4.69, 9.17) is 4.42 Å². The van der Waals surface area contributed by atoms with E-state index >= 15 is 0 Å². The number of piperazine rings is 1. The fourth-order valence-corrected chi connectivity index (χ4v) is 3.61. The van der Waals surface area contributed by atoms with Crippen molar-refractivity contribution in [2.24, 2.45) is 0 Å². The third-order valence-corrected chi connectivity index (χ3v) is 5.27. The molecule has 1 amide bonds. The van der Waals surface area contributed by atoms with Gasteiger partial charge in [0.1, 0.15) is 12.1 Å². The maximum atomic E-state index is 13.3. The summed E-state index contributed by atoms with van der Waals surface area (Å²) in [5.74, 6) is -0.494. The van der Waals surface area contributed by atoms with Crippen LogP contribution in [0, 0.1) is 15.9 Å². The first kappa shape index (κ1) is 21.6. The molecule has 10 heteroatoms. The van der Waals surface area contributed by atoms with Gasteiger partial charge in [0, 0.05) is 50.0 Å². The third-order valence-electron chi connectivity index (χ3n) is 5.27. The van der Waals surface area contributed by atoms with Crippen molar-refractivity contribution < 1.29 is 18.5 Å². The number of amides is 1. The Balaban J connectivity index is 1.28. The summed E-state index contributed by atoms with van der Waals surface area (Å²) in [7, 11) is 0. The maximum absolute atomic E-state index is 13.3. The summed E-state index contributed by atoms with van der Waals surface area (Å²) in [5.41, 5.74) is 1.31. The summed E-state index contributed by atoms with van der Waals surface area (Å²) >= 11 is 0. The number of nitrogens with zero attached hydrogens (tertiary/aromatic N) is 4. The number of nitrogens with one attached hydrogen (secondary N) is 1. The van der Waals surface area contributed by atoms with Gasteiger partial charge in [-0.15, -0.1) is 0 Å². The summed E-state index contributed by atoms with van der Waals surface area (Å²) < 4.78 is 18.7. The Kier molecular flexibility index (Phi) is 6.52. The first-order valence-electron chi connectivity index (χ1n) is 10.2. The number of carbonyl (C=O) groups excluding carboxylic acids is 1. The van der Waals surface area contributed by atoms with Crippen molar-refractivity contribution in [3.05, 3.63) is 87.9 Å². The highest BCUT2D eigenvalue weighted by Gasteiger charge is 2.22. The van der Waals surface area contributed by atoms with Gasteiger partial charge < -0.3 is 9.73 Å². The standard InChI is InChI=1S/C22H22FN5O4/c23-17-5-3-6-18(12-17)24-22(29)19-15-32-21(25-19)14-27-10-8-26(9-11-27)13-16-4-1-2-7-20(16)28(30)31/h1-7,12,15H,8-11,13-14H2,(H,24,29). The van der Waals surface area contributed by atoms with Gasteiger partial charge in [0.15, 0.2) is 5.69 Å². The first-order chi connectivity index (χ1) is 15.5. The number of rotatable bonds is 7. The molecule has 4 rings (SSSR count). The topological polar surface area (TPSA) is 105 Å². The summed E-state index contributed by atoms with van der Waals surface area (Å²) in [6.45, 7) is 3.96. The highest BCUT2D eigenvalue weighted by Crippen LogP contribution is 2.20. The minimum Gasteiger partial charge on any atom is -0.447 e. The van der Waals surface area contributed by atoms with E-state index in [9.17, 15) is 19.3 Å². The molecule has 3 aromatic rings. The lowest BCUT2D eigenvalue weighted by atomic mass is 10.1. The summed E-state index contributed by atoms with van der Waals surface area (Å²) in [6, 6.07) is 12.4. The van der Waals surface area contributed by atoms with Crippen LogP contribution >= 0.6 is 0 Å². The molecule has 0 unspecified atom stereocenters. The van der Waals surface area contributed by atoms with Crippen LogP contribution in [0.25, 0.3) is 0 Å². The van der Waals surface area contributed by atoms with E-state index in [1.807, 2.05) is 6.07 Å². The Morgan fingerprint density at radius 1 is 1.09 bits per heavy atom. The van der Waals surface area contributed by atoms with Gasteiger partial charge in [0.2, 0.25) is 5.89 Å². The monoisotopic (exact) mass is 439 g/mol. The molecule has 1 aliphatic rings. The predicted molar refractivity (Wildman–Crippen MR) is 115 cm³/mol. The Bertz CT molecular complexity index is 1110. The van der Waals surface area contributed by atoms with Crippen LogP contribution in [0.1, 0.15) is 21.9 Å². The minimum atomic E-state index is -0.472.